The van der Waals surface area contributed by atoms with Crippen molar-refractivity contribution in [1.29, 1.82) is 10.5 Å². The Morgan fingerprint density at radius 1 is 1.15 bits per heavy atom. The lowest BCUT2D eigenvalue weighted by atomic mass is 10.2. The molecule has 1 aromatic rings. The Labute approximate surface area is 121 Å². The van der Waals surface area contributed by atoms with Gasteiger partial charge in [-0.1, -0.05) is 13.8 Å². The highest BCUT2D eigenvalue weighted by Crippen LogP contribution is 2.11. The molecule has 1 aromatic carbocycles. The predicted molar refractivity (Wildman–Crippen MR) is 78.2 cm³/mol. The Bertz CT molecular complexity index is 468. The first-order chi connectivity index (χ1) is 9.65. The summed E-state index contributed by atoms with van der Waals surface area (Å²) >= 11 is 0. The van der Waals surface area contributed by atoms with Crippen LogP contribution in [0.1, 0.15) is 25.8 Å². The summed E-state index contributed by atoms with van der Waals surface area (Å²) < 4.78 is 5.66. The lowest BCUT2D eigenvalue weighted by Crippen LogP contribution is -2.32. The van der Waals surface area contributed by atoms with Gasteiger partial charge in [0.1, 0.15) is 12.4 Å². The zero-order chi connectivity index (χ0) is 14.8. The van der Waals surface area contributed by atoms with Crippen molar-refractivity contribution in [3.8, 4) is 17.9 Å². The highest BCUT2D eigenvalue weighted by molar-refractivity contribution is 5.34. The number of benzene rings is 1. The van der Waals surface area contributed by atoms with Gasteiger partial charge in [-0.25, -0.2) is 0 Å². The first kappa shape index (κ1) is 16.0. The van der Waals surface area contributed by atoms with Gasteiger partial charge in [0.15, 0.2) is 0 Å². The Kier molecular flexibility index (Phi) is 7.17. The van der Waals surface area contributed by atoms with E-state index >= 15 is 0 Å². The van der Waals surface area contributed by atoms with Crippen molar-refractivity contribution in [2.75, 3.05) is 26.2 Å². The van der Waals surface area contributed by atoms with Gasteiger partial charge >= 0.3 is 0 Å². The van der Waals surface area contributed by atoms with E-state index in [9.17, 15) is 0 Å². The molecule has 0 radical (unpaired) electrons. The van der Waals surface area contributed by atoms with Crippen molar-refractivity contribution in [1.82, 2.24) is 4.90 Å². The zero-order valence-electron chi connectivity index (χ0n) is 12.2. The van der Waals surface area contributed by atoms with Crippen LogP contribution in [0.25, 0.3) is 0 Å². The molecule has 0 N–H and O–H groups in total. The summed E-state index contributed by atoms with van der Waals surface area (Å²) in [6.07, 6.45) is 0.545. The maximum atomic E-state index is 8.72. The van der Waals surface area contributed by atoms with Gasteiger partial charge in [-0.2, -0.15) is 10.5 Å². The number of nitrogens with zero attached hydrogens (tertiary/aromatic N) is 3. The maximum Gasteiger partial charge on any atom is 0.119 e. The molecule has 1 rings (SSSR count). The molecule has 20 heavy (non-hydrogen) atoms. The maximum absolute atomic E-state index is 8.72. The number of hydrogen-bond acceptors (Lipinski definition) is 4. The van der Waals surface area contributed by atoms with E-state index in [4.69, 9.17) is 15.3 Å². The summed E-state index contributed by atoms with van der Waals surface area (Å²) in [7, 11) is 0. The highest BCUT2D eigenvalue weighted by atomic mass is 16.5. The zero-order valence-corrected chi connectivity index (χ0v) is 12.2. The van der Waals surface area contributed by atoms with E-state index in [-0.39, 0.29) is 0 Å². The van der Waals surface area contributed by atoms with Crippen LogP contribution in [0.2, 0.25) is 0 Å². The van der Waals surface area contributed by atoms with Crippen LogP contribution in [-0.4, -0.2) is 31.1 Å². The Hall–Kier alpha value is -2.04. The average molecular weight is 271 g/mol. The smallest absolute Gasteiger partial charge is 0.119 e. The molecular formula is C16H21N3O. The van der Waals surface area contributed by atoms with Crippen molar-refractivity contribution >= 4 is 0 Å². The number of rotatable bonds is 8. The van der Waals surface area contributed by atoms with Crippen LogP contribution in [-0.2, 0) is 0 Å². The van der Waals surface area contributed by atoms with E-state index in [1.807, 2.05) is 0 Å². The quantitative estimate of drug-likeness (QED) is 0.729. The molecule has 0 bridgehead atoms. The van der Waals surface area contributed by atoms with Crippen molar-refractivity contribution in [3.63, 3.8) is 0 Å². The third-order valence-electron chi connectivity index (χ3n) is 2.82. The minimum absolute atomic E-state index is 0.545. The van der Waals surface area contributed by atoms with Crippen LogP contribution in [0, 0.1) is 28.6 Å². The molecule has 4 heteroatoms. The minimum Gasteiger partial charge on any atom is -0.492 e. The van der Waals surface area contributed by atoms with Gasteiger partial charge in [-0.05, 0) is 30.2 Å². The highest BCUT2D eigenvalue weighted by Gasteiger charge is 2.07. The molecule has 0 aliphatic rings. The Morgan fingerprint density at radius 3 is 2.40 bits per heavy atom. The van der Waals surface area contributed by atoms with Gasteiger partial charge in [-0.3, -0.25) is 4.90 Å². The monoisotopic (exact) mass is 271 g/mol. The topological polar surface area (TPSA) is 60.1 Å². The molecule has 4 nitrogen and oxygen atoms in total. The summed E-state index contributed by atoms with van der Waals surface area (Å²) in [4.78, 5) is 2.25. The molecule has 0 heterocycles. The standard InChI is InChI=1S/C16H21N3O/c1-14(2)13-19(9-3-8-17)10-11-20-16-6-4-15(12-18)5-7-16/h4-7,14H,3,9-11,13H2,1-2H3. The second kappa shape index (κ2) is 8.96. The SMILES string of the molecule is CC(C)CN(CCC#N)CCOc1ccc(C#N)cc1. The summed E-state index contributed by atoms with van der Waals surface area (Å²) in [6.45, 7) is 7.48. The van der Waals surface area contributed by atoms with Crippen molar-refractivity contribution in [2.45, 2.75) is 20.3 Å². The van der Waals surface area contributed by atoms with Gasteiger partial charge in [0.2, 0.25) is 0 Å². The van der Waals surface area contributed by atoms with Crippen LogP contribution in [0.4, 0.5) is 0 Å². The molecule has 0 atom stereocenters. The van der Waals surface area contributed by atoms with E-state index < -0.39 is 0 Å². The molecule has 0 fully saturated rings. The lowest BCUT2D eigenvalue weighted by molar-refractivity contribution is 0.196. The molecule has 0 aliphatic heterocycles. The van der Waals surface area contributed by atoms with Crippen LogP contribution in [0.5, 0.6) is 5.75 Å². The van der Waals surface area contributed by atoms with Gasteiger partial charge in [0.25, 0.3) is 0 Å². The molecule has 0 saturated heterocycles. The van der Waals surface area contributed by atoms with E-state index in [0.717, 1.165) is 25.4 Å². The van der Waals surface area contributed by atoms with Crippen molar-refractivity contribution in [2.24, 2.45) is 5.92 Å². The first-order valence-electron chi connectivity index (χ1n) is 6.88. The summed E-state index contributed by atoms with van der Waals surface area (Å²) in [5.41, 5.74) is 0.632. The van der Waals surface area contributed by atoms with Crippen LogP contribution in [0.15, 0.2) is 24.3 Å². The van der Waals surface area contributed by atoms with Crippen molar-refractivity contribution in [3.05, 3.63) is 29.8 Å². The van der Waals surface area contributed by atoms with E-state index in [1.165, 1.54) is 0 Å². The second-order valence-electron chi connectivity index (χ2n) is 5.09. The molecular weight excluding hydrogens is 250 g/mol. The minimum atomic E-state index is 0.545. The van der Waals surface area contributed by atoms with Crippen molar-refractivity contribution < 1.29 is 4.74 Å². The third-order valence-corrected chi connectivity index (χ3v) is 2.82. The van der Waals surface area contributed by atoms with Gasteiger partial charge in [0, 0.05) is 26.1 Å². The largest absolute Gasteiger partial charge is 0.492 e. The Morgan fingerprint density at radius 2 is 1.85 bits per heavy atom. The summed E-state index contributed by atoms with van der Waals surface area (Å²) in [5, 5.41) is 17.4. The molecule has 0 saturated carbocycles. The van der Waals surface area contributed by atoms with Crippen LogP contribution in [0.3, 0.4) is 0 Å². The number of nitriles is 2. The first-order valence-corrected chi connectivity index (χ1v) is 6.88. The fourth-order valence-corrected chi connectivity index (χ4v) is 1.94. The van der Waals surface area contributed by atoms with Gasteiger partial charge < -0.3 is 4.74 Å². The second-order valence-corrected chi connectivity index (χ2v) is 5.09. The fraction of sp³-hybridized carbons (Fsp3) is 0.500. The van der Waals surface area contributed by atoms with E-state index in [1.54, 1.807) is 24.3 Å². The fourth-order valence-electron chi connectivity index (χ4n) is 1.94. The lowest BCUT2D eigenvalue weighted by Gasteiger charge is -2.23. The molecule has 0 spiro atoms. The Balaban J connectivity index is 2.38. The number of ether oxygens (including phenoxy) is 1. The van der Waals surface area contributed by atoms with Crippen LogP contribution >= 0.6 is 0 Å². The van der Waals surface area contributed by atoms with Crippen LogP contribution < -0.4 is 4.74 Å². The van der Waals surface area contributed by atoms with Gasteiger partial charge in [-0.15, -0.1) is 0 Å². The third kappa shape index (κ3) is 6.22. The molecule has 0 amide bonds. The summed E-state index contributed by atoms with van der Waals surface area (Å²) in [6, 6.07) is 11.4. The molecule has 0 unspecified atom stereocenters. The molecule has 0 aromatic heterocycles. The summed E-state index contributed by atoms with van der Waals surface area (Å²) in [5.74, 6) is 1.34. The van der Waals surface area contributed by atoms with E-state index in [0.29, 0.717) is 24.5 Å². The molecule has 0 aliphatic carbocycles. The van der Waals surface area contributed by atoms with E-state index in [2.05, 4.69) is 30.9 Å². The van der Waals surface area contributed by atoms with Gasteiger partial charge in [0.05, 0.1) is 17.7 Å². The average Bonchev–Trinajstić information content (AvgIpc) is 2.44. The number of hydrogen-bond donors (Lipinski definition) is 0. The molecule has 106 valence electrons. The normalized spacial score (nSPS) is 10.3. The predicted octanol–water partition coefficient (Wildman–Crippen LogP) is 2.81.